The molecule has 15 heavy (non-hydrogen) atoms. The molecule has 0 amide bonds. The predicted molar refractivity (Wildman–Crippen MR) is 67.6 cm³/mol. The largest absolute Gasteiger partial charge is 0.309 e. The zero-order valence-corrected chi connectivity index (χ0v) is 10.5. The highest BCUT2D eigenvalue weighted by molar-refractivity contribution is 5.85. The van der Waals surface area contributed by atoms with Crippen LogP contribution in [-0.4, -0.2) is 5.71 Å². The molecule has 1 N–H and O–H groups in total. The fourth-order valence-electron chi connectivity index (χ4n) is 2.72. The van der Waals surface area contributed by atoms with Crippen LogP contribution in [0.1, 0.15) is 71.6 Å². The first kappa shape index (κ1) is 12.7. The second-order valence-corrected chi connectivity index (χ2v) is 5.20. The fourth-order valence-corrected chi connectivity index (χ4v) is 2.72. The van der Waals surface area contributed by atoms with Crippen LogP contribution >= 0.6 is 0 Å². The molecule has 0 heterocycles. The van der Waals surface area contributed by atoms with Crippen LogP contribution in [0.5, 0.6) is 0 Å². The number of hydrogen-bond donors (Lipinski definition) is 1. The van der Waals surface area contributed by atoms with Crippen molar-refractivity contribution in [2.24, 2.45) is 11.8 Å². The standard InChI is InChI=1S/C14H27N/c1-3-4-5-6-7-8-9-13-12(2)10-11-14(13)15/h12-13,15H,3-11H2,1-2H3/t12?,13-/m0/s1. The van der Waals surface area contributed by atoms with Crippen molar-refractivity contribution in [3.8, 4) is 0 Å². The molecule has 0 bridgehead atoms. The van der Waals surface area contributed by atoms with Gasteiger partial charge in [-0.1, -0.05) is 52.4 Å². The average molecular weight is 209 g/mol. The summed E-state index contributed by atoms with van der Waals surface area (Å²) in [6.45, 7) is 4.59. The molecule has 0 radical (unpaired) electrons. The van der Waals surface area contributed by atoms with E-state index < -0.39 is 0 Å². The van der Waals surface area contributed by atoms with E-state index in [4.69, 9.17) is 5.41 Å². The lowest BCUT2D eigenvalue weighted by molar-refractivity contribution is 0.430. The molecular weight excluding hydrogens is 182 g/mol. The quantitative estimate of drug-likeness (QED) is 0.582. The van der Waals surface area contributed by atoms with E-state index in [-0.39, 0.29) is 0 Å². The Hall–Kier alpha value is -0.330. The maximum absolute atomic E-state index is 7.88. The molecule has 1 rings (SSSR count). The van der Waals surface area contributed by atoms with Crippen molar-refractivity contribution in [1.82, 2.24) is 0 Å². The normalized spacial score (nSPS) is 26.1. The number of unbranched alkanes of at least 4 members (excludes halogenated alkanes) is 5. The summed E-state index contributed by atoms with van der Waals surface area (Å²) in [4.78, 5) is 0. The molecule has 0 aromatic rings. The van der Waals surface area contributed by atoms with Gasteiger partial charge in [-0.2, -0.15) is 0 Å². The Morgan fingerprint density at radius 1 is 1.13 bits per heavy atom. The third kappa shape index (κ3) is 4.36. The van der Waals surface area contributed by atoms with Gasteiger partial charge < -0.3 is 5.41 Å². The summed E-state index contributed by atoms with van der Waals surface area (Å²) in [5.41, 5.74) is 1.04. The predicted octanol–water partition coefficient (Wildman–Crippen LogP) is 4.80. The van der Waals surface area contributed by atoms with E-state index in [2.05, 4.69) is 13.8 Å². The van der Waals surface area contributed by atoms with E-state index in [0.29, 0.717) is 5.92 Å². The summed E-state index contributed by atoms with van der Waals surface area (Å²) in [5, 5.41) is 7.88. The van der Waals surface area contributed by atoms with Crippen LogP contribution in [0.15, 0.2) is 0 Å². The lowest BCUT2D eigenvalue weighted by atomic mass is 9.91. The molecule has 1 fully saturated rings. The van der Waals surface area contributed by atoms with Gasteiger partial charge in [0.05, 0.1) is 0 Å². The highest BCUT2D eigenvalue weighted by Crippen LogP contribution is 2.32. The Bertz CT molecular complexity index is 186. The zero-order valence-electron chi connectivity index (χ0n) is 10.5. The molecule has 1 saturated carbocycles. The van der Waals surface area contributed by atoms with Crippen LogP contribution in [0.4, 0.5) is 0 Å². The van der Waals surface area contributed by atoms with Gasteiger partial charge in [0.1, 0.15) is 0 Å². The number of rotatable bonds is 7. The van der Waals surface area contributed by atoms with Crippen LogP contribution in [-0.2, 0) is 0 Å². The van der Waals surface area contributed by atoms with Crippen LogP contribution in [0.3, 0.4) is 0 Å². The minimum Gasteiger partial charge on any atom is -0.309 e. The van der Waals surface area contributed by atoms with Gasteiger partial charge in [-0.05, 0) is 31.1 Å². The number of hydrogen-bond acceptors (Lipinski definition) is 1. The van der Waals surface area contributed by atoms with Crippen LogP contribution in [0, 0.1) is 17.2 Å². The SMILES string of the molecule is CCCCCCCC[C@@H]1C(=N)CCC1C. The van der Waals surface area contributed by atoms with Crippen LogP contribution < -0.4 is 0 Å². The van der Waals surface area contributed by atoms with E-state index in [1.54, 1.807) is 0 Å². The van der Waals surface area contributed by atoms with E-state index in [1.807, 2.05) is 0 Å². The first-order valence-corrected chi connectivity index (χ1v) is 6.83. The minimum atomic E-state index is 0.635. The molecular formula is C14H27N. The van der Waals surface area contributed by atoms with Crippen molar-refractivity contribution >= 4 is 5.71 Å². The summed E-state index contributed by atoms with van der Waals surface area (Å²) >= 11 is 0. The Morgan fingerprint density at radius 2 is 1.80 bits per heavy atom. The molecule has 0 spiro atoms. The van der Waals surface area contributed by atoms with E-state index in [9.17, 15) is 0 Å². The summed E-state index contributed by atoms with van der Waals surface area (Å²) < 4.78 is 0. The molecule has 1 unspecified atom stereocenters. The van der Waals surface area contributed by atoms with Crippen molar-refractivity contribution in [2.45, 2.75) is 71.6 Å². The van der Waals surface area contributed by atoms with E-state index in [0.717, 1.165) is 18.1 Å². The second-order valence-electron chi connectivity index (χ2n) is 5.20. The van der Waals surface area contributed by atoms with Crippen molar-refractivity contribution < 1.29 is 0 Å². The lowest BCUT2D eigenvalue weighted by Crippen LogP contribution is -2.11. The van der Waals surface area contributed by atoms with Crippen molar-refractivity contribution in [3.63, 3.8) is 0 Å². The maximum atomic E-state index is 7.88. The van der Waals surface area contributed by atoms with Gasteiger partial charge in [-0.3, -0.25) is 0 Å². The molecule has 0 aromatic carbocycles. The Morgan fingerprint density at radius 3 is 2.40 bits per heavy atom. The highest BCUT2D eigenvalue weighted by atomic mass is 14.5. The van der Waals surface area contributed by atoms with Crippen LogP contribution in [0.25, 0.3) is 0 Å². The minimum absolute atomic E-state index is 0.635. The topological polar surface area (TPSA) is 23.9 Å². The summed E-state index contributed by atoms with van der Waals surface area (Å²) in [6.07, 6.45) is 11.9. The summed E-state index contributed by atoms with van der Waals surface area (Å²) in [7, 11) is 0. The smallest absolute Gasteiger partial charge is 0.0123 e. The van der Waals surface area contributed by atoms with Crippen molar-refractivity contribution in [2.75, 3.05) is 0 Å². The van der Waals surface area contributed by atoms with Gasteiger partial charge in [0, 0.05) is 5.71 Å². The Kier molecular flexibility index (Phi) is 5.97. The molecule has 1 aliphatic carbocycles. The molecule has 0 saturated heterocycles. The monoisotopic (exact) mass is 209 g/mol. The van der Waals surface area contributed by atoms with Gasteiger partial charge in [0.2, 0.25) is 0 Å². The molecule has 0 aliphatic heterocycles. The van der Waals surface area contributed by atoms with E-state index in [1.165, 1.54) is 51.4 Å². The Balaban J connectivity index is 2.02. The van der Waals surface area contributed by atoms with Crippen molar-refractivity contribution in [1.29, 1.82) is 5.41 Å². The summed E-state index contributed by atoms with van der Waals surface area (Å²) in [6, 6.07) is 0. The maximum Gasteiger partial charge on any atom is 0.0123 e. The fraction of sp³-hybridized carbons (Fsp3) is 0.929. The van der Waals surface area contributed by atoms with Gasteiger partial charge in [-0.15, -0.1) is 0 Å². The number of nitrogens with one attached hydrogen (secondary N) is 1. The highest BCUT2D eigenvalue weighted by Gasteiger charge is 2.27. The van der Waals surface area contributed by atoms with Gasteiger partial charge in [0.15, 0.2) is 0 Å². The van der Waals surface area contributed by atoms with Crippen molar-refractivity contribution in [3.05, 3.63) is 0 Å². The summed E-state index contributed by atoms with van der Waals surface area (Å²) in [5.74, 6) is 1.42. The Labute approximate surface area is 95.2 Å². The average Bonchev–Trinajstić information content (AvgIpc) is 2.54. The molecule has 1 nitrogen and oxygen atoms in total. The van der Waals surface area contributed by atoms with Gasteiger partial charge in [0.25, 0.3) is 0 Å². The molecule has 1 aliphatic rings. The molecule has 0 aromatic heterocycles. The molecule has 1 heteroatoms. The molecule has 2 atom stereocenters. The zero-order chi connectivity index (χ0) is 11.1. The first-order chi connectivity index (χ1) is 7.25. The van der Waals surface area contributed by atoms with Gasteiger partial charge >= 0.3 is 0 Å². The van der Waals surface area contributed by atoms with Gasteiger partial charge in [-0.25, -0.2) is 0 Å². The first-order valence-electron chi connectivity index (χ1n) is 6.83. The lowest BCUT2D eigenvalue weighted by Gasteiger charge is -2.14. The second kappa shape index (κ2) is 7.03. The van der Waals surface area contributed by atoms with Crippen LogP contribution in [0.2, 0.25) is 0 Å². The third-order valence-electron chi connectivity index (χ3n) is 3.87. The third-order valence-corrected chi connectivity index (χ3v) is 3.87. The molecule has 88 valence electrons. The van der Waals surface area contributed by atoms with E-state index >= 15 is 0 Å².